The maximum absolute atomic E-state index is 13.5. The third-order valence-corrected chi connectivity index (χ3v) is 7.99. The summed E-state index contributed by atoms with van der Waals surface area (Å²) >= 11 is 12.6. The van der Waals surface area contributed by atoms with Gasteiger partial charge in [-0.05, 0) is 55.0 Å². The van der Waals surface area contributed by atoms with Crippen LogP contribution < -0.4 is 9.62 Å². The number of amides is 2. The summed E-state index contributed by atoms with van der Waals surface area (Å²) in [5, 5.41) is 3.91. The number of benzene rings is 2. The van der Waals surface area contributed by atoms with Crippen LogP contribution in [-0.2, 0) is 26.2 Å². The van der Waals surface area contributed by atoms with Crippen molar-refractivity contribution in [2.75, 3.05) is 23.7 Å². The molecule has 0 aliphatic rings. The van der Waals surface area contributed by atoms with Crippen molar-refractivity contribution in [2.24, 2.45) is 5.92 Å². The first-order chi connectivity index (χ1) is 17.4. The molecule has 0 bridgehead atoms. The monoisotopic (exact) mass is 569 g/mol. The maximum atomic E-state index is 13.5. The van der Waals surface area contributed by atoms with E-state index in [0.717, 1.165) is 11.8 Å². The first-order valence-corrected chi connectivity index (χ1v) is 15.0. The Labute approximate surface area is 231 Å². The minimum Gasteiger partial charge on any atom is -0.354 e. The molecule has 37 heavy (non-hydrogen) atoms. The normalized spacial score (nSPS) is 12.3. The van der Waals surface area contributed by atoms with E-state index in [1.54, 1.807) is 36.1 Å². The van der Waals surface area contributed by atoms with Crippen molar-refractivity contribution in [1.29, 1.82) is 0 Å². The molecule has 10 heteroatoms. The molecule has 0 fully saturated rings. The molecule has 2 aromatic carbocycles. The number of halogens is 2. The summed E-state index contributed by atoms with van der Waals surface area (Å²) in [6, 6.07) is 11.6. The van der Waals surface area contributed by atoms with Gasteiger partial charge in [0.25, 0.3) is 0 Å². The van der Waals surface area contributed by atoms with Crippen LogP contribution in [0.3, 0.4) is 0 Å². The van der Waals surface area contributed by atoms with E-state index >= 15 is 0 Å². The second-order valence-corrected chi connectivity index (χ2v) is 12.2. The van der Waals surface area contributed by atoms with Crippen molar-refractivity contribution in [3.05, 3.63) is 63.6 Å². The Morgan fingerprint density at radius 2 is 1.68 bits per heavy atom. The van der Waals surface area contributed by atoms with Gasteiger partial charge in [0.1, 0.15) is 6.04 Å². The number of carbonyl (C=O) groups is 2. The number of nitrogens with zero attached hydrogens (tertiary/aromatic N) is 2. The summed E-state index contributed by atoms with van der Waals surface area (Å²) in [4.78, 5) is 28.1. The highest BCUT2D eigenvalue weighted by atomic mass is 35.5. The topological polar surface area (TPSA) is 86.8 Å². The number of carbonyl (C=O) groups excluding carboxylic acids is 2. The average molecular weight is 571 g/mol. The zero-order valence-corrected chi connectivity index (χ0v) is 24.5. The molecule has 0 aliphatic heterocycles. The fraction of sp³-hybridized carbons (Fsp3) is 0.481. The fourth-order valence-corrected chi connectivity index (χ4v) is 5.38. The van der Waals surface area contributed by atoms with Gasteiger partial charge in [-0.15, -0.1) is 0 Å². The van der Waals surface area contributed by atoms with Crippen LogP contribution in [0.5, 0.6) is 0 Å². The molecule has 0 saturated heterocycles. The van der Waals surface area contributed by atoms with Crippen LogP contribution in [0.4, 0.5) is 5.69 Å². The predicted octanol–water partition coefficient (Wildman–Crippen LogP) is 5.43. The summed E-state index contributed by atoms with van der Waals surface area (Å²) < 4.78 is 26.4. The lowest BCUT2D eigenvalue weighted by atomic mass is 10.1. The fourth-order valence-electron chi connectivity index (χ4n) is 4.00. The van der Waals surface area contributed by atoms with E-state index in [4.69, 9.17) is 23.2 Å². The van der Waals surface area contributed by atoms with Crippen LogP contribution in [0.25, 0.3) is 0 Å². The van der Waals surface area contributed by atoms with Gasteiger partial charge in [0.15, 0.2) is 0 Å². The first-order valence-electron chi connectivity index (χ1n) is 12.4. The zero-order valence-electron chi connectivity index (χ0n) is 22.1. The Morgan fingerprint density at radius 3 is 2.27 bits per heavy atom. The quantitative estimate of drug-likeness (QED) is 0.348. The van der Waals surface area contributed by atoms with Crippen LogP contribution in [0.1, 0.15) is 51.2 Å². The molecule has 0 saturated carbocycles. The Morgan fingerprint density at radius 1 is 1.03 bits per heavy atom. The van der Waals surface area contributed by atoms with Crippen LogP contribution in [0, 0.1) is 12.8 Å². The Kier molecular flexibility index (Phi) is 11.7. The van der Waals surface area contributed by atoms with Crippen molar-refractivity contribution in [3.63, 3.8) is 0 Å². The minimum absolute atomic E-state index is 0.0596. The van der Waals surface area contributed by atoms with Gasteiger partial charge in [-0.2, -0.15) is 0 Å². The van der Waals surface area contributed by atoms with E-state index < -0.39 is 16.1 Å². The largest absolute Gasteiger partial charge is 0.354 e. The van der Waals surface area contributed by atoms with E-state index in [-0.39, 0.29) is 43.7 Å². The van der Waals surface area contributed by atoms with E-state index in [9.17, 15) is 18.0 Å². The average Bonchev–Trinajstić information content (AvgIpc) is 2.82. The highest BCUT2D eigenvalue weighted by Gasteiger charge is 2.29. The second kappa shape index (κ2) is 14.0. The highest BCUT2D eigenvalue weighted by Crippen LogP contribution is 2.28. The third kappa shape index (κ3) is 8.90. The van der Waals surface area contributed by atoms with Gasteiger partial charge < -0.3 is 10.2 Å². The molecule has 2 aromatic rings. The molecule has 1 atom stereocenters. The van der Waals surface area contributed by atoms with Gasteiger partial charge in [-0.25, -0.2) is 8.42 Å². The van der Waals surface area contributed by atoms with Gasteiger partial charge in [-0.1, -0.05) is 68.2 Å². The van der Waals surface area contributed by atoms with E-state index in [1.807, 2.05) is 39.0 Å². The predicted molar refractivity (Wildman–Crippen MR) is 152 cm³/mol. The van der Waals surface area contributed by atoms with Crippen molar-refractivity contribution in [2.45, 2.75) is 59.5 Å². The number of hydrogen-bond acceptors (Lipinski definition) is 4. The summed E-state index contributed by atoms with van der Waals surface area (Å²) in [7, 11) is -3.61. The van der Waals surface area contributed by atoms with Crippen LogP contribution in [0.2, 0.25) is 10.0 Å². The minimum atomic E-state index is -3.61. The van der Waals surface area contributed by atoms with E-state index in [1.165, 1.54) is 4.31 Å². The van der Waals surface area contributed by atoms with Gasteiger partial charge in [0.2, 0.25) is 21.8 Å². The van der Waals surface area contributed by atoms with Crippen molar-refractivity contribution in [3.8, 4) is 0 Å². The maximum Gasteiger partial charge on any atom is 0.242 e. The highest BCUT2D eigenvalue weighted by molar-refractivity contribution is 7.92. The molecule has 1 N–H and O–H groups in total. The Bertz CT molecular complexity index is 1190. The molecule has 0 heterocycles. The Balaban J connectivity index is 2.26. The molecule has 7 nitrogen and oxygen atoms in total. The van der Waals surface area contributed by atoms with Crippen molar-refractivity contribution < 1.29 is 18.0 Å². The lowest BCUT2D eigenvalue weighted by molar-refractivity contribution is -0.141. The number of hydrogen-bond donors (Lipinski definition) is 1. The summed E-state index contributed by atoms with van der Waals surface area (Å²) in [5.41, 5.74) is 1.86. The van der Waals surface area contributed by atoms with E-state index in [0.29, 0.717) is 34.3 Å². The van der Waals surface area contributed by atoms with Gasteiger partial charge in [-0.3, -0.25) is 13.9 Å². The van der Waals surface area contributed by atoms with Gasteiger partial charge in [0.05, 0.1) is 11.9 Å². The molecular formula is C27H37Cl2N3O4S. The van der Waals surface area contributed by atoms with E-state index in [2.05, 4.69) is 5.32 Å². The molecule has 0 aliphatic carbocycles. The molecule has 0 spiro atoms. The van der Waals surface area contributed by atoms with Gasteiger partial charge >= 0.3 is 0 Å². The third-order valence-electron chi connectivity index (χ3n) is 6.03. The number of anilines is 1. The van der Waals surface area contributed by atoms with Crippen LogP contribution in [0.15, 0.2) is 42.5 Å². The Hall–Kier alpha value is -2.29. The molecule has 0 radical (unpaired) electrons. The summed E-state index contributed by atoms with van der Waals surface area (Å²) in [6.07, 6.45) is 1.88. The molecule has 2 rings (SSSR count). The smallest absolute Gasteiger partial charge is 0.242 e. The number of nitrogens with one attached hydrogen (secondary N) is 1. The lowest BCUT2D eigenvalue weighted by Crippen LogP contribution is -2.49. The second-order valence-electron chi connectivity index (χ2n) is 9.50. The SMILES string of the molecule is CC[C@H](C(=O)NCC(C)C)N(Cc1ccccc1Cl)C(=O)CCCN(c1cccc(Cl)c1C)S(C)(=O)=O. The number of rotatable bonds is 13. The first kappa shape index (κ1) is 30.9. The molecular weight excluding hydrogens is 533 g/mol. The van der Waals surface area contributed by atoms with Crippen molar-refractivity contribution >= 4 is 50.7 Å². The van der Waals surface area contributed by atoms with Crippen LogP contribution >= 0.6 is 23.2 Å². The van der Waals surface area contributed by atoms with Crippen molar-refractivity contribution in [1.82, 2.24) is 10.2 Å². The molecule has 0 unspecified atom stereocenters. The zero-order chi connectivity index (χ0) is 27.8. The molecule has 0 aromatic heterocycles. The summed E-state index contributed by atoms with van der Waals surface area (Å²) in [5.74, 6) is -0.197. The van der Waals surface area contributed by atoms with Crippen LogP contribution in [-0.4, -0.2) is 50.5 Å². The molecule has 2 amide bonds. The number of sulfonamides is 1. The summed E-state index contributed by atoms with van der Waals surface area (Å²) in [6.45, 7) is 8.41. The standard InChI is InChI=1S/C27H37Cl2N3O4S/c1-6-24(27(34)30-17-19(2)3)31(18-21-11-7-8-12-23(21)29)26(33)15-10-16-32(37(5,35)36)25-14-9-13-22(28)20(25)4/h7-9,11-14,19,24H,6,10,15-18H2,1-5H3,(H,30,34)/t24-/m1/s1. The lowest BCUT2D eigenvalue weighted by Gasteiger charge is -2.31. The molecule has 204 valence electrons. The van der Waals surface area contributed by atoms with Gasteiger partial charge in [0, 0.05) is 36.1 Å².